The van der Waals surface area contributed by atoms with Crippen LogP contribution in [0.5, 0.6) is 0 Å². The largest absolute Gasteiger partial charge is 0.392 e. The molecule has 0 aliphatic rings. The zero-order valence-electron chi connectivity index (χ0n) is 11.4. The van der Waals surface area contributed by atoms with Crippen molar-refractivity contribution in [1.82, 2.24) is 0 Å². The average molecular weight is 284 g/mol. The lowest BCUT2D eigenvalue weighted by Gasteiger charge is -2.14. The number of nitrogens with zero attached hydrogens (tertiary/aromatic N) is 1. The number of benzene rings is 1. The SMILES string of the molecule is CCNc1ccc(CSC(C)C(C)O)cc1[N+](=O)[O-]. The normalized spacial score (nSPS) is 13.9. The minimum atomic E-state index is -0.388. The molecule has 0 radical (unpaired) electrons. The van der Waals surface area contributed by atoms with E-state index in [1.54, 1.807) is 30.8 Å². The molecule has 1 aromatic rings. The van der Waals surface area contributed by atoms with Gasteiger partial charge in [-0.1, -0.05) is 13.0 Å². The molecule has 1 aromatic carbocycles. The van der Waals surface area contributed by atoms with Gasteiger partial charge in [-0.3, -0.25) is 10.1 Å². The number of hydrogen-bond donors (Lipinski definition) is 2. The van der Waals surface area contributed by atoms with Gasteiger partial charge in [0.2, 0.25) is 0 Å². The highest BCUT2D eigenvalue weighted by atomic mass is 32.2. The minimum Gasteiger partial charge on any atom is -0.392 e. The van der Waals surface area contributed by atoms with Crippen LogP contribution < -0.4 is 5.32 Å². The molecule has 0 spiro atoms. The number of anilines is 1. The van der Waals surface area contributed by atoms with Gasteiger partial charge in [-0.05, 0) is 25.5 Å². The van der Waals surface area contributed by atoms with Gasteiger partial charge in [0.15, 0.2) is 0 Å². The number of thioether (sulfide) groups is 1. The minimum absolute atomic E-state index is 0.102. The molecule has 19 heavy (non-hydrogen) atoms. The van der Waals surface area contributed by atoms with Gasteiger partial charge in [-0.25, -0.2) is 0 Å². The Hall–Kier alpha value is -1.27. The predicted molar refractivity (Wildman–Crippen MR) is 79.7 cm³/mol. The number of nitro benzene ring substituents is 1. The fourth-order valence-corrected chi connectivity index (χ4v) is 2.44. The molecule has 0 aromatic heterocycles. The van der Waals surface area contributed by atoms with E-state index in [9.17, 15) is 15.2 Å². The molecule has 0 aliphatic heterocycles. The second-order valence-corrected chi connectivity index (χ2v) is 5.76. The second-order valence-electron chi connectivity index (χ2n) is 4.40. The van der Waals surface area contributed by atoms with E-state index in [0.717, 1.165) is 5.56 Å². The summed E-state index contributed by atoms with van der Waals surface area (Å²) >= 11 is 1.58. The van der Waals surface area contributed by atoms with Gasteiger partial charge < -0.3 is 10.4 Å². The van der Waals surface area contributed by atoms with Crippen LogP contribution in [0, 0.1) is 10.1 Å². The van der Waals surface area contributed by atoms with E-state index in [-0.39, 0.29) is 22.0 Å². The molecule has 0 saturated carbocycles. The third-order valence-electron chi connectivity index (χ3n) is 2.82. The molecule has 2 N–H and O–H groups in total. The summed E-state index contributed by atoms with van der Waals surface area (Å²) in [5.74, 6) is 0.652. The number of nitrogens with one attached hydrogen (secondary N) is 1. The predicted octanol–water partition coefficient (Wildman–Crippen LogP) is 3.03. The Labute approximate surface area is 117 Å². The molecule has 0 saturated heterocycles. The Bertz CT molecular complexity index is 438. The molecule has 0 amide bonds. The van der Waals surface area contributed by atoms with Gasteiger partial charge in [0, 0.05) is 23.6 Å². The highest BCUT2D eigenvalue weighted by Crippen LogP contribution is 2.28. The number of nitro groups is 1. The highest BCUT2D eigenvalue weighted by molar-refractivity contribution is 7.99. The van der Waals surface area contributed by atoms with Crippen LogP contribution in [0.15, 0.2) is 18.2 Å². The molecule has 2 unspecified atom stereocenters. The van der Waals surface area contributed by atoms with E-state index in [2.05, 4.69) is 5.32 Å². The Balaban J connectivity index is 2.81. The van der Waals surface area contributed by atoms with Crippen LogP contribution in [0.2, 0.25) is 0 Å². The van der Waals surface area contributed by atoms with E-state index >= 15 is 0 Å². The highest BCUT2D eigenvalue weighted by Gasteiger charge is 2.15. The number of rotatable bonds is 7. The summed E-state index contributed by atoms with van der Waals surface area (Å²) in [5, 5.41) is 23.5. The molecular weight excluding hydrogens is 264 g/mol. The van der Waals surface area contributed by atoms with Crippen LogP contribution in [0.25, 0.3) is 0 Å². The van der Waals surface area contributed by atoms with E-state index in [0.29, 0.717) is 18.0 Å². The zero-order chi connectivity index (χ0) is 14.4. The molecule has 0 bridgehead atoms. The first-order valence-corrected chi connectivity index (χ1v) is 7.31. The Kier molecular flexibility index (Phi) is 6.11. The van der Waals surface area contributed by atoms with Gasteiger partial charge in [-0.2, -0.15) is 11.8 Å². The van der Waals surface area contributed by atoms with Crippen molar-refractivity contribution in [1.29, 1.82) is 0 Å². The summed E-state index contributed by atoms with van der Waals surface area (Å²) < 4.78 is 0. The summed E-state index contributed by atoms with van der Waals surface area (Å²) in [6.07, 6.45) is -0.388. The zero-order valence-corrected chi connectivity index (χ0v) is 12.2. The molecule has 2 atom stereocenters. The first-order valence-electron chi connectivity index (χ1n) is 6.26. The summed E-state index contributed by atoms with van der Waals surface area (Å²) in [5.41, 5.74) is 1.54. The van der Waals surface area contributed by atoms with E-state index in [1.165, 1.54) is 0 Å². The quantitative estimate of drug-likeness (QED) is 0.594. The number of aliphatic hydroxyl groups is 1. The molecule has 0 aliphatic carbocycles. The van der Waals surface area contributed by atoms with Crippen molar-refractivity contribution < 1.29 is 10.0 Å². The van der Waals surface area contributed by atoms with Crippen LogP contribution >= 0.6 is 11.8 Å². The summed E-state index contributed by atoms with van der Waals surface area (Å²) in [7, 11) is 0. The van der Waals surface area contributed by atoms with E-state index < -0.39 is 0 Å². The standard InChI is InChI=1S/C13H20N2O3S/c1-4-14-12-6-5-11(7-13(12)15(17)18)8-19-10(3)9(2)16/h5-7,9-10,14,16H,4,8H2,1-3H3. The topological polar surface area (TPSA) is 75.4 Å². The molecule has 106 valence electrons. The van der Waals surface area contributed by atoms with Crippen molar-refractivity contribution in [3.63, 3.8) is 0 Å². The van der Waals surface area contributed by atoms with Crippen LogP contribution in [-0.4, -0.2) is 27.9 Å². The summed E-state index contributed by atoms with van der Waals surface area (Å²) in [6, 6.07) is 5.22. The maximum absolute atomic E-state index is 11.0. The van der Waals surface area contributed by atoms with Crippen molar-refractivity contribution >= 4 is 23.1 Å². The number of hydrogen-bond acceptors (Lipinski definition) is 5. The van der Waals surface area contributed by atoms with Crippen LogP contribution in [0.1, 0.15) is 26.3 Å². The monoisotopic (exact) mass is 284 g/mol. The van der Waals surface area contributed by atoms with Crippen molar-refractivity contribution in [2.24, 2.45) is 0 Å². The summed E-state index contributed by atoms with van der Waals surface area (Å²) in [6.45, 7) is 6.23. The molecule has 5 nitrogen and oxygen atoms in total. The van der Waals surface area contributed by atoms with E-state index in [1.807, 2.05) is 19.9 Å². The molecule has 0 fully saturated rings. The first kappa shape index (κ1) is 15.8. The van der Waals surface area contributed by atoms with Gasteiger partial charge in [0.25, 0.3) is 5.69 Å². The Morgan fingerprint density at radius 2 is 2.16 bits per heavy atom. The summed E-state index contributed by atoms with van der Waals surface area (Å²) in [4.78, 5) is 10.6. The van der Waals surface area contributed by atoms with Gasteiger partial charge in [-0.15, -0.1) is 0 Å². The van der Waals surface area contributed by atoms with Gasteiger partial charge in [0.05, 0.1) is 11.0 Å². The molecule has 6 heteroatoms. The fourth-order valence-electron chi connectivity index (χ4n) is 1.52. The van der Waals surface area contributed by atoms with Crippen molar-refractivity contribution in [2.45, 2.75) is 37.9 Å². The van der Waals surface area contributed by atoms with E-state index in [4.69, 9.17) is 0 Å². The van der Waals surface area contributed by atoms with Gasteiger partial charge >= 0.3 is 0 Å². The fraction of sp³-hybridized carbons (Fsp3) is 0.538. The maximum atomic E-state index is 11.0. The van der Waals surface area contributed by atoms with Gasteiger partial charge in [0.1, 0.15) is 5.69 Å². The third kappa shape index (κ3) is 4.72. The average Bonchev–Trinajstić information content (AvgIpc) is 2.37. The molecular formula is C13H20N2O3S. The third-order valence-corrected chi connectivity index (χ3v) is 4.24. The first-order chi connectivity index (χ1) is 8.95. The lowest BCUT2D eigenvalue weighted by molar-refractivity contribution is -0.384. The Morgan fingerprint density at radius 3 is 2.68 bits per heavy atom. The van der Waals surface area contributed by atoms with Crippen LogP contribution in [-0.2, 0) is 5.75 Å². The van der Waals surface area contributed by atoms with Crippen molar-refractivity contribution in [3.8, 4) is 0 Å². The maximum Gasteiger partial charge on any atom is 0.292 e. The lowest BCUT2D eigenvalue weighted by atomic mass is 10.2. The van der Waals surface area contributed by atoms with Crippen molar-refractivity contribution in [2.75, 3.05) is 11.9 Å². The van der Waals surface area contributed by atoms with Crippen LogP contribution in [0.3, 0.4) is 0 Å². The molecule has 1 rings (SSSR count). The number of aliphatic hydroxyl groups excluding tert-OH is 1. The Morgan fingerprint density at radius 1 is 1.47 bits per heavy atom. The molecule has 0 heterocycles. The second kappa shape index (κ2) is 7.35. The van der Waals surface area contributed by atoms with Crippen LogP contribution in [0.4, 0.5) is 11.4 Å². The lowest BCUT2D eigenvalue weighted by Crippen LogP contribution is -2.15. The smallest absolute Gasteiger partial charge is 0.292 e. The van der Waals surface area contributed by atoms with Crippen molar-refractivity contribution in [3.05, 3.63) is 33.9 Å².